The summed E-state index contributed by atoms with van der Waals surface area (Å²) in [6.45, 7) is 0. The van der Waals surface area contributed by atoms with E-state index in [1.807, 2.05) is 12.1 Å². The summed E-state index contributed by atoms with van der Waals surface area (Å²) in [6, 6.07) is 11.9. The van der Waals surface area contributed by atoms with Crippen LogP contribution in [0.2, 0.25) is 0 Å². The van der Waals surface area contributed by atoms with Crippen LogP contribution in [0.1, 0.15) is 29.7 Å². The molecule has 21 heavy (non-hydrogen) atoms. The van der Waals surface area contributed by atoms with Crippen molar-refractivity contribution in [2.75, 3.05) is 0 Å². The summed E-state index contributed by atoms with van der Waals surface area (Å²) < 4.78 is 5.30. The molecule has 2 aromatic rings. The summed E-state index contributed by atoms with van der Waals surface area (Å²) in [5, 5.41) is 2.73. The van der Waals surface area contributed by atoms with Crippen molar-refractivity contribution in [1.82, 2.24) is 5.32 Å². The lowest BCUT2D eigenvalue weighted by Gasteiger charge is -2.15. The Balaban J connectivity index is 1.67. The second-order valence-electron chi connectivity index (χ2n) is 5.22. The molecule has 1 heterocycles. The molecule has 1 saturated carbocycles. The van der Waals surface area contributed by atoms with Gasteiger partial charge in [-0.05, 0) is 24.1 Å². The second-order valence-corrected chi connectivity index (χ2v) is 5.22. The van der Waals surface area contributed by atoms with Crippen LogP contribution in [0, 0.1) is 5.92 Å². The number of carbonyl (C=O) groups excluding carboxylic acids is 2. The fraction of sp³-hybridized carbons (Fsp3) is 0.250. The van der Waals surface area contributed by atoms with E-state index in [9.17, 15) is 9.59 Å². The topological polar surface area (TPSA) is 85.3 Å². The van der Waals surface area contributed by atoms with Gasteiger partial charge < -0.3 is 15.5 Å². The Morgan fingerprint density at radius 2 is 1.95 bits per heavy atom. The van der Waals surface area contributed by atoms with Crippen LogP contribution in [0.5, 0.6) is 0 Å². The van der Waals surface area contributed by atoms with E-state index in [1.54, 1.807) is 36.6 Å². The first-order valence-corrected chi connectivity index (χ1v) is 6.85. The number of benzene rings is 1. The molecule has 1 fully saturated rings. The molecular weight excluding hydrogens is 268 g/mol. The van der Waals surface area contributed by atoms with Crippen molar-refractivity contribution in [3.63, 3.8) is 0 Å². The van der Waals surface area contributed by atoms with Crippen LogP contribution in [-0.2, 0) is 9.59 Å². The molecule has 1 aliphatic carbocycles. The molecule has 0 unspecified atom stereocenters. The minimum Gasteiger partial charge on any atom is -0.469 e. The molecule has 1 aromatic carbocycles. The van der Waals surface area contributed by atoms with Gasteiger partial charge in [0.05, 0.1) is 6.26 Å². The first kappa shape index (κ1) is 13.4. The smallest absolute Gasteiger partial charge is 0.244 e. The van der Waals surface area contributed by atoms with E-state index in [0.717, 1.165) is 12.2 Å². The maximum absolute atomic E-state index is 12.2. The minimum atomic E-state index is -0.795. The van der Waals surface area contributed by atoms with Gasteiger partial charge in [0.25, 0.3) is 0 Å². The Bertz CT molecular complexity index is 637. The van der Waals surface area contributed by atoms with Gasteiger partial charge in [-0.25, -0.2) is 0 Å². The number of carbonyl (C=O) groups is 2. The molecule has 5 heteroatoms. The molecule has 3 rings (SSSR count). The number of primary amides is 1. The van der Waals surface area contributed by atoms with E-state index in [4.69, 9.17) is 10.2 Å². The number of nitrogens with two attached hydrogens (primary N) is 1. The first-order valence-electron chi connectivity index (χ1n) is 6.85. The van der Waals surface area contributed by atoms with Crippen LogP contribution in [0.4, 0.5) is 0 Å². The van der Waals surface area contributed by atoms with Gasteiger partial charge in [-0.2, -0.15) is 0 Å². The van der Waals surface area contributed by atoms with Crippen molar-refractivity contribution in [1.29, 1.82) is 0 Å². The van der Waals surface area contributed by atoms with E-state index < -0.39 is 11.9 Å². The van der Waals surface area contributed by atoms with Crippen molar-refractivity contribution < 1.29 is 14.0 Å². The van der Waals surface area contributed by atoms with Gasteiger partial charge in [0.15, 0.2) is 0 Å². The van der Waals surface area contributed by atoms with Gasteiger partial charge in [-0.15, -0.1) is 0 Å². The zero-order valence-corrected chi connectivity index (χ0v) is 11.4. The minimum absolute atomic E-state index is 0.101. The maximum atomic E-state index is 12.2. The number of rotatable bonds is 5. The number of hydrogen-bond donors (Lipinski definition) is 2. The van der Waals surface area contributed by atoms with Crippen molar-refractivity contribution in [2.24, 2.45) is 11.7 Å². The quantitative estimate of drug-likeness (QED) is 0.876. The van der Waals surface area contributed by atoms with Crippen molar-refractivity contribution in [2.45, 2.75) is 18.4 Å². The van der Waals surface area contributed by atoms with Gasteiger partial charge in [-0.1, -0.05) is 30.3 Å². The lowest BCUT2D eigenvalue weighted by Crippen LogP contribution is -2.38. The molecule has 5 nitrogen and oxygen atoms in total. The summed E-state index contributed by atoms with van der Waals surface area (Å²) in [7, 11) is 0. The van der Waals surface area contributed by atoms with E-state index >= 15 is 0 Å². The van der Waals surface area contributed by atoms with Crippen LogP contribution in [0.3, 0.4) is 0 Å². The van der Waals surface area contributed by atoms with E-state index in [-0.39, 0.29) is 17.7 Å². The highest BCUT2D eigenvalue weighted by molar-refractivity contribution is 5.90. The number of nitrogens with one attached hydrogen (secondary N) is 1. The Labute approximate surface area is 122 Å². The first-order chi connectivity index (χ1) is 10.2. The Morgan fingerprint density at radius 1 is 1.19 bits per heavy atom. The molecule has 3 N–H and O–H groups in total. The monoisotopic (exact) mass is 284 g/mol. The Kier molecular flexibility index (Phi) is 3.48. The molecular formula is C16H16N2O3. The fourth-order valence-electron chi connectivity index (χ4n) is 2.51. The van der Waals surface area contributed by atoms with Crippen LogP contribution in [-0.4, -0.2) is 11.8 Å². The highest BCUT2D eigenvalue weighted by Crippen LogP contribution is 2.47. The number of hydrogen-bond acceptors (Lipinski definition) is 3. The summed E-state index contributed by atoms with van der Waals surface area (Å²) in [6.07, 6.45) is 2.33. The predicted octanol–water partition coefficient (Wildman–Crippen LogP) is 1.73. The van der Waals surface area contributed by atoms with E-state index in [1.165, 1.54) is 0 Å². The maximum Gasteiger partial charge on any atom is 0.244 e. The largest absolute Gasteiger partial charge is 0.469 e. The molecule has 2 amide bonds. The summed E-state index contributed by atoms with van der Waals surface area (Å²) >= 11 is 0. The summed E-state index contributed by atoms with van der Waals surface area (Å²) in [5.74, 6) is 0.0327. The fourth-order valence-corrected chi connectivity index (χ4v) is 2.51. The molecule has 0 spiro atoms. The third-order valence-corrected chi connectivity index (χ3v) is 3.74. The molecule has 0 aliphatic heterocycles. The predicted molar refractivity (Wildman–Crippen MR) is 76.1 cm³/mol. The summed E-state index contributed by atoms with van der Waals surface area (Å²) in [5.41, 5.74) is 6.08. The van der Waals surface area contributed by atoms with Crippen LogP contribution >= 0.6 is 0 Å². The lowest BCUT2D eigenvalue weighted by molar-refractivity contribution is -0.128. The molecule has 0 bridgehead atoms. The highest BCUT2D eigenvalue weighted by Gasteiger charge is 2.46. The lowest BCUT2D eigenvalue weighted by atomic mass is 10.1. The molecule has 3 atom stereocenters. The van der Waals surface area contributed by atoms with Crippen molar-refractivity contribution >= 4 is 11.8 Å². The summed E-state index contributed by atoms with van der Waals surface area (Å²) in [4.78, 5) is 23.8. The van der Waals surface area contributed by atoms with Crippen LogP contribution in [0.15, 0.2) is 53.1 Å². The Hall–Kier alpha value is -2.56. The molecule has 1 aromatic heterocycles. The van der Waals surface area contributed by atoms with Gasteiger partial charge in [0.2, 0.25) is 11.8 Å². The SMILES string of the molecule is NC(=O)[C@H](NC(=O)[C@H]1C[C@@H]1c1ccco1)c1ccccc1. The van der Waals surface area contributed by atoms with E-state index in [2.05, 4.69) is 5.32 Å². The van der Waals surface area contributed by atoms with Crippen molar-refractivity contribution in [3.8, 4) is 0 Å². The molecule has 1 aliphatic rings. The normalized spacial score (nSPS) is 21.5. The zero-order valence-electron chi connectivity index (χ0n) is 11.4. The standard InChI is InChI=1S/C16H16N2O3/c17-15(19)14(10-5-2-1-3-6-10)18-16(20)12-9-11(12)13-7-4-8-21-13/h1-8,11-12,14H,9H2,(H2,17,19)(H,18,20)/t11-,12-,14+/m0/s1. The van der Waals surface area contributed by atoms with Crippen LogP contribution < -0.4 is 11.1 Å². The van der Waals surface area contributed by atoms with Crippen molar-refractivity contribution in [3.05, 3.63) is 60.1 Å². The Morgan fingerprint density at radius 3 is 2.57 bits per heavy atom. The van der Waals surface area contributed by atoms with Gasteiger partial charge in [0, 0.05) is 11.8 Å². The average Bonchev–Trinajstić information content (AvgIpc) is 3.11. The molecule has 0 saturated heterocycles. The average molecular weight is 284 g/mol. The van der Waals surface area contributed by atoms with Crippen LogP contribution in [0.25, 0.3) is 0 Å². The highest BCUT2D eigenvalue weighted by atomic mass is 16.3. The van der Waals surface area contributed by atoms with Gasteiger partial charge >= 0.3 is 0 Å². The third-order valence-electron chi connectivity index (χ3n) is 3.74. The molecule has 108 valence electrons. The third kappa shape index (κ3) is 2.81. The van der Waals surface area contributed by atoms with E-state index in [0.29, 0.717) is 5.56 Å². The second kappa shape index (κ2) is 5.44. The van der Waals surface area contributed by atoms with Gasteiger partial charge in [0.1, 0.15) is 11.8 Å². The molecule has 0 radical (unpaired) electrons. The number of amides is 2. The zero-order chi connectivity index (χ0) is 14.8. The van der Waals surface area contributed by atoms with Gasteiger partial charge in [-0.3, -0.25) is 9.59 Å². The number of furan rings is 1.